The minimum absolute atomic E-state index is 0.150. The Bertz CT molecular complexity index is 412. The molecule has 1 heterocycles. The fourth-order valence-corrected chi connectivity index (χ4v) is 1.89. The van der Waals surface area contributed by atoms with Crippen molar-refractivity contribution in [2.45, 2.75) is 5.38 Å². The molecule has 1 aromatic carbocycles. The lowest BCUT2D eigenvalue weighted by Gasteiger charge is -2.15. The van der Waals surface area contributed by atoms with Crippen molar-refractivity contribution in [3.63, 3.8) is 0 Å². The number of hydrogen-bond donors (Lipinski definition) is 0. The summed E-state index contributed by atoms with van der Waals surface area (Å²) in [6.07, 6.45) is 0. The van der Waals surface area contributed by atoms with E-state index in [2.05, 4.69) is 0 Å². The molecule has 84 valence electrons. The molecular formula is C11H9Cl2NO2. The third-order valence-electron chi connectivity index (χ3n) is 2.43. The quantitative estimate of drug-likeness (QED) is 0.615. The van der Waals surface area contributed by atoms with Crippen LogP contribution < -0.4 is 0 Å². The number of halogens is 2. The molecule has 0 N–H and O–H groups in total. The van der Waals surface area contributed by atoms with E-state index in [4.69, 9.17) is 23.2 Å². The van der Waals surface area contributed by atoms with E-state index in [1.807, 2.05) is 0 Å². The summed E-state index contributed by atoms with van der Waals surface area (Å²) in [5.41, 5.74) is 0.872. The van der Waals surface area contributed by atoms with Gasteiger partial charge in [0, 0.05) is 12.4 Å². The first-order valence-electron chi connectivity index (χ1n) is 4.80. The van der Waals surface area contributed by atoms with Gasteiger partial charge in [0.1, 0.15) is 0 Å². The topological polar surface area (TPSA) is 37.4 Å². The number of fused-ring (bicyclic) bond motifs is 1. The van der Waals surface area contributed by atoms with E-state index in [1.165, 1.54) is 0 Å². The molecule has 5 heteroatoms. The summed E-state index contributed by atoms with van der Waals surface area (Å²) in [6, 6.07) is 6.74. The smallest absolute Gasteiger partial charge is 0.261 e. The molecular weight excluding hydrogens is 249 g/mol. The Balaban J connectivity index is 2.28. The van der Waals surface area contributed by atoms with Gasteiger partial charge in [0.15, 0.2) is 0 Å². The van der Waals surface area contributed by atoms with Crippen LogP contribution >= 0.6 is 23.2 Å². The average molecular weight is 258 g/mol. The summed E-state index contributed by atoms with van der Waals surface area (Å²) in [6.45, 7) is 0.150. The first kappa shape index (κ1) is 11.4. The third kappa shape index (κ3) is 1.81. The van der Waals surface area contributed by atoms with Crippen molar-refractivity contribution < 1.29 is 9.59 Å². The molecule has 1 aromatic rings. The summed E-state index contributed by atoms with van der Waals surface area (Å²) >= 11 is 11.4. The lowest BCUT2D eigenvalue weighted by atomic mass is 10.1. The van der Waals surface area contributed by atoms with Crippen molar-refractivity contribution in [1.82, 2.24) is 4.90 Å². The van der Waals surface area contributed by atoms with Crippen molar-refractivity contribution >= 4 is 35.0 Å². The lowest BCUT2D eigenvalue weighted by Crippen LogP contribution is -2.35. The van der Waals surface area contributed by atoms with Crippen LogP contribution in [-0.2, 0) is 0 Å². The van der Waals surface area contributed by atoms with Crippen LogP contribution in [0.4, 0.5) is 0 Å². The third-order valence-corrected chi connectivity index (χ3v) is 3.25. The van der Waals surface area contributed by atoms with E-state index in [9.17, 15) is 9.59 Å². The molecule has 0 fully saturated rings. The highest BCUT2D eigenvalue weighted by molar-refractivity contribution is 6.29. The number of amides is 2. The van der Waals surface area contributed by atoms with Gasteiger partial charge in [-0.3, -0.25) is 14.5 Å². The first-order chi connectivity index (χ1) is 7.65. The maximum Gasteiger partial charge on any atom is 0.261 e. The van der Waals surface area contributed by atoms with E-state index in [1.54, 1.807) is 24.3 Å². The zero-order valence-electron chi connectivity index (χ0n) is 8.32. The summed E-state index contributed by atoms with van der Waals surface area (Å²) < 4.78 is 0. The first-order valence-corrected chi connectivity index (χ1v) is 5.77. The molecule has 0 bridgehead atoms. The van der Waals surface area contributed by atoms with Crippen LogP contribution in [0.5, 0.6) is 0 Å². The van der Waals surface area contributed by atoms with Gasteiger partial charge in [-0.2, -0.15) is 0 Å². The van der Waals surface area contributed by atoms with Crippen molar-refractivity contribution in [2.24, 2.45) is 0 Å². The summed E-state index contributed by atoms with van der Waals surface area (Å²) in [5, 5.41) is -0.413. The van der Waals surface area contributed by atoms with Gasteiger partial charge in [0.25, 0.3) is 11.8 Å². The van der Waals surface area contributed by atoms with Crippen molar-refractivity contribution in [1.29, 1.82) is 0 Å². The average Bonchev–Trinajstić information content (AvgIpc) is 2.55. The molecule has 0 saturated carbocycles. The van der Waals surface area contributed by atoms with Crippen molar-refractivity contribution in [3.8, 4) is 0 Å². The van der Waals surface area contributed by atoms with Crippen molar-refractivity contribution in [2.75, 3.05) is 12.4 Å². The Labute approximate surface area is 103 Å². The van der Waals surface area contributed by atoms with Crippen LogP contribution in [0.3, 0.4) is 0 Å². The van der Waals surface area contributed by atoms with E-state index >= 15 is 0 Å². The number of hydrogen-bond acceptors (Lipinski definition) is 2. The summed E-state index contributed by atoms with van der Waals surface area (Å²) in [4.78, 5) is 24.9. The standard InChI is InChI=1S/C11H9Cl2NO2/c12-5-7(13)6-14-10(15)8-3-1-2-4-9(8)11(14)16/h1-4,7H,5-6H2/t7-/m1/s1. The SMILES string of the molecule is O=C1c2ccccc2C(=O)N1C[C@H](Cl)CCl. The predicted molar refractivity (Wildman–Crippen MR) is 62.2 cm³/mol. The summed E-state index contributed by atoms with van der Waals surface area (Å²) in [7, 11) is 0. The minimum atomic E-state index is -0.413. The Morgan fingerprint density at radius 1 is 1.12 bits per heavy atom. The Hall–Kier alpha value is -1.06. The fourth-order valence-electron chi connectivity index (χ4n) is 1.65. The molecule has 0 unspecified atom stereocenters. The molecule has 1 atom stereocenters. The van der Waals surface area contributed by atoms with Gasteiger partial charge in [0.05, 0.1) is 16.5 Å². The number of carbonyl (C=O) groups excluding carboxylic acids is 2. The number of carbonyl (C=O) groups is 2. The molecule has 0 spiro atoms. The zero-order valence-corrected chi connectivity index (χ0v) is 9.83. The van der Waals surface area contributed by atoms with Crippen LogP contribution in [0.15, 0.2) is 24.3 Å². The Morgan fingerprint density at radius 3 is 2.06 bits per heavy atom. The van der Waals surface area contributed by atoms with Gasteiger partial charge in [-0.15, -0.1) is 23.2 Å². The number of nitrogens with zero attached hydrogens (tertiary/aromatic N) is 1. The molecule has 0 saturated heterocycles. The predicted octanol–water partition coefficient (Wildman–Crippen LogP) is 2.13. The second-order valence-corrected chi connectivity index (χ2v) is 4.44. The van der Waals surface area contributed by atoms with Gasteiger partial charge in [-0.1, -0.05) is 12.1 Å². The molecule has 2 amide bonds. The Kier molecular flexibility index (Phi) is 3.17. The monoisotopic (exact) mass is 257 g/mol. The van der Waals surface area contributed by atoms with Gasteiger partial charge in [0.2, 0.25) is 0 Å². The summed E-state index contributed by atoms with van der Waals surface area (Å²) in [5.74, 6) is -0.387. The maximum atomic E-state index is 11.9. The molecule has 16 heavy (non-hydrogen) atoms. The van der Waals surface area contributed by atoms with Gasteiger partial charge >= 0.3 is 0 Å². The lowest BCUT2D eigenvalue weighted by molar-refractivity contribution is 0.0656. The fraction of sp³-hybridized carbons (Fsp3) is 0.273. The largest absolute Gasteiger partial charge is 0.273 e. The number of imide groups is 1. The number of benzene rings is 1. The van der Waals surface area contributed by atoms with E-state index < -0.39 is 5.38 Å². The second-order valence-electron chi connectivity index (χ2n) is 3.52. The zero-order chi connectivity index (χ0) is 11.7. The van der Waals surface area contributed by atoms with E-state index in [0.29, 0.717) is 11.1 Å². The highest BCUT2D eigenvalue weighted by Crippen LogP contribution is 2.23. The molecule has 0 aliphatic carbocycles. The number of alkyl halides is 2. The molecule has 3 nitrogen and oxygen atoms in total. The molecule has 1 aliphatic rings. The molecule has 2 rings (SSSR count). The molecule has 0 radical (unpaired) electrons. The second kappa shape index (κ2) is 4.44. The normalized spacial score (nSPS) is 16.5. The molecule has 1 aliphatic heterocycles. The highest BCUT2D eigenvalue weighted by Gasteiger charge is 2.35. The van der Waals surface area contributed by atoms with Crippen LogP contribution in [0.2, 0.25) is 0 Å². The Morgan fingerprint density at radius 2 is 1.62 bits per heavy atom. The van der Waals surface area contributed by atoms with Gasteiger partial charge in [-0.05, 0) is 12.1 Å². The van der Waals surface area contributed by atoms with Gasteiger partial charge in [-0.25, -0.2) is 0 Å². The van der Waals surface area contributed by atoms with Crippen LogP contribution in [-0.4, -0.2) is 34.5 Å². The molecule has 0 aromatic heterocycles. The van der Waals surface area contributed by atoms with Gasteiger partial charge < -0.3 is 0 Å². The van der Waals surface area contributed by atoms with E-state index in [0.717, 1.165) is 4.90 Å². The van der Waals surface area contributed by atoms with E-state index in [-0.39, 0.29) is 24.2 Å². The van der Waals surface area contributed by atoms with Crippen LogP contribution in [0.25, 0.3) is 0 Å². The maximum absolute atomic E-state index is 11.9. The minimum Gasteiger partial charge on any atom is -0.273 e. The van der Waals surface area contributed by atoms with Crippen LogP contribution in [0, 0.1) is 0 Å². The highest BCUT2D eigenvalue weighted by atomic mass is 35.5. The van der Waals surface area contributed by atoms with Crippen LogP contribution in [0.1, 0.15) is 20.7 Å². The number of rotatable bonds is 3. The van der Waals surface area contributed by atoms with Crippen molar-refractivity contribution in [3.05, 3.63) is 35.4 Å².